The van der Waals surface area contributed by atoms with Crippen molar-refractivity contribution >= 4 is 5.57 Å². The van der Waals surface area contributed by atoms with Crippen LogP contribution in [0.25, 0.3) is 5.57 Å². The summed E-state index contributed by atoms with van der Waals surface area (Å²) in [6.07, 6.45) is 13.5. The van der Waals surface area contributed by atoms with Crippen molar-refractivity contribution in [2.45, 2.75) is 43.6 Å². The molecule has 1 fully saturated rings. The first-order chi connectivity index (χ1) is 13.2. The molecule has 0 aliphatic heterocycles. The number of ether oxygens (including phenoxy) is 2. The van der Waals surface area contributed by atoms with Crippen LogP contribution in [0.4, 0.5) is 0 Å². The van der Waals surface area contributed by atoms with Gasteiger partial charge in [-0.05, 0) is 54.5 Å². The summed E-state index contributed by atoms with van der Waals surface area (Å²) in [5, 5.41) is 7.49. The lowest BCUT2D eigenvalue weighted by molar-refractivity contribution is 0.0753. The Bertz CT molecular complexity index is 828. The fourth-order valence-corrected chi connectivity index (χ4v) is 4.52. The van der Waals surface area contributed by atoms with Crippen molar-refractivity contribution in [2.75, 3.05) is 14.2 Å². The molecule has 1 aromatic carbocycles. The van der Waals surface area contributed by atoms with Crippen LogP contribution in [0.1, 0.15) is 43.9 Å². The minimum Gasteiger partial charge on any atom is -0.497 e. The third-order valence-corrected chi connectivity index (χ3v) is 6.51. The molecular weight excluding hydrogens is 336 g/mol. The highest BCUT2D eigenvalue weighted by Gasteiger charge is 2.46. The number of nitrogens with one attached hydrogen (secondary N) is 1. The number of nitrogens with zero attached hydrogens (tertiary/aromatic N) is 1. The van der Waals surface area contributed by atoms with Gasteiger partial charge in [-0.3, -0.25) is 5.10 Å². The molecule has 4 nitrogen and oxygen atoms in total. The summed E-state index contributed by atoms with van der Waals surface area (Å²) in [6.45, 7) is 2.18. The van der Waals surface area contributed by atoms with Gasteiger partial charge in [0.25, 0.3) is 0 Å². The Morgan fingerprint density at radius 3 is 2.41 bits per heavy atom. The van der Waals surface area contributed by atoms with Gasteiger partial charge < -0.3 is 9.47 Å². The predicted octanol–water partition coefficient (Wildman–Crippen LogP) is 4.90. The van der Waals surface area contributed by atoms with E-state index in [1.54, 1.807) is 14.2 Å². The second-order valence-electron chi connectivity index (χ2n) is 7.60. The monoisotopic (exact) mass is 364 g/mol. The van der Waals surface area contributed by atoms with Crippen molar-refractivity contribution in [3.05, 3.63) is 66.0 Å². The van der Waals surface area contributed by atoms with Crippen LogP contribution >= 0.6 is 0 Å². The molecule has 0 spiro atoms. The van der Waals surface area contributed by atoms with Crippen LogP contribution in [0.3, 0.4) is 0 Å². The second kappa shape index (κ2) is 7.01. The van der Waals surface area contributed by atoms with E-state index in [9.17, 15) is 0 Å². The van der Waals surface area contributed by atoms with E-state index in [1.165, 1.54) is 30.4 Å². The van der Waals surface area contributed by atoms with Crippen molar-refractivity contribution in [3.63, 3.8) is 0 Å². The Balaban J connectivity index is 1.88. The molecular formula is C23H28N2O2. The van der Waals surface area contributed by atoms with Crippen molar-refractivity contribution in [1.29, 1.82) is 0 Å². The summed E-state index contributed by atoms with van der Waals surface area (Å²) in [5.74, 6) is 1.46. The average Bonchev–Trinajstić information content (AvgIpc) is 3.22. The third kappa shape index (κ3) is 2.83. The average molecular weight is 364 g/mol. The highest BCUT2D eigenvalue weighted by Crippen LogP contribution is 2.52. The molecule has 2 aromatic rings. The molecule has 142 valence electrons. The Kier molecular flexibility index (Phi) is 4.68. The van der Waals surface area contributed by atoms with Gasteiger partial charge in [-0.25, -0.2) is 0 Å². The number of aromatic nitrogens is 2. The summed E-state index contributed by atoms with van der Waals surface area (Å²) in [7, 11) is 3.50. The standard InChI is InChI=1S/C23H28N2O2/c1-4-23(27-3)14-13-22(18-6-5-7-18,21-12-15-24-25-21)16-20(23)17-8-10-19(26-2)11-9-17/h8-16,18H,4-7H2,1-3H3,(H,24,25). The highest BCUT2D eigenvalue weighted by atomic mass is 16.5. The van der Waals surface area contributed by atoms with Gasteiger partial charge >= 0.3 is 0 Å². The smallest absolute Gasteiger partial charge is 0.118 e. The van der Waals surface area contributed by atoms with Crippen LogP contribution < -0.4 is 4.74 Å². The maximum absolute atomic E-state index is 6.08. The summed E-state index contributed by atoms with van der Waals surface area (Å²) < 4.78 is 11.4. The third-order valence-electron chi connectivity index (χ3n) is 6.51. The molecule has 2 aliphatic carbocycles. The summed E-state index contributed by atoms with van der Waals surface area (Å²) in [4.78, 5) is 0. The SMILES string of the molecule is CCC1(OC)C=CC(c2ccn[nH]2)(C2CCC2)C=C1c1ccc(OC)cc1. The second-order valence-corrected chi connectivity index (χ2v) is 7.60. The first kappa shape index (κ1) is 18.1. The Morgan fingerprint density at radius 1 is 1.11 bits per heavy atom. The van der Waals surface area contributed by atoms with Gasteiger partial charge in [-0.1, -0.05) is 43.7 Å². The molecule has 1 heterocycles. The van der Waals surface area contributed by atoms with E-state index >= 15 is 0 Å². The van der Waals surface area contributed by atoms with E-state index in [-0.39, 0.29) is 5.41 Å². The molecule has 2 aliphatic rings. The lowest BCUT2D eigenvalue weighted by Crippen LogP contribution is -2.42. The molecule has 0 radical (unpaired) electrons. The molecule has 0 bridgehead atoms. The number of benzene rings is 1. The number of hydrogen-bond donors (Lipinski definition) is 1. The van der Waals surface area contributed by atoms with E-state index in [0.717, 1.165) is 17.9 Å². The van der Waals surface area contributed by atoms with Crippen LogP contribution in [-0.4, -0.2) is 30.0 Å². The van der Waals surface area contributed by atoms with Gasteiger partial charge in [0, 0.05) is 19.0 Å². The van der Waals surface area contributed by atoms with Crippen molar-refractivity contribution < 1.29 is 9.47 Å². The van der Waals surface area contributed by atoms with E-state index in [0.29, 0.717) is 5.92 Å². The molecule has 27 heavy (non-hydrogen) atoms. The van der Waals surface area contributed by atoms with Crippen LogP contribution in [0.2, 0.25) is 0 Å². The minimum absolute atomic E-state index is 0.152. The molecule has 2 atom stereocenters. The van der Waals surface area contributed by atoms with E-state index in [4.69, 9.17) is 9.47 Å². The fraction of sp³-hybridized carbons (Fsp3) is 0.435. The summed E-state index contributed by atoms with van der Waals surface area (Å²) >= 11 is 0. The maximum atomic E-state index is 6.08. The molecule has 2 unspecified atom stereocenters. The lowest BCUT2D eigenvalue weighted by atomic mass is 9.59. The number of allylic oxidation sites excluding steroid dienone is 2. The Labute approximate surface area is 161 Å². The number of aromatic amines is 1. The maximum Gasteiger partial charge on any atom is 0.118 e. The number of H-pyrrole nitrogens is 1. The van der Waals surface area contributed by atoms with Gasteiger partial charge in [0.15, 0.2) is 0 Å². The van der Waals surface area contributed by atoms with Gasteiger partial charge in [0.05, 0.1) is 12.5 Å². The van der Waals surface area contributed by atoms with Crippen LogP contribution in [0.5, 0.6) is 5.75 Å². The molecule has 0 saturated heterocycles. The van der Waals surface area contributed by atoms with Gasteiger partial charge in [-0.15, -0.1) is 0 Å². The molecule has 4 heteroatoms. The molecule has 1 saturated carbocycles. The van der Waals surface area contributed by atoms with E-state index in [1.807, 2.05) is 18.3 Å². The molecule has 1 N–H and O–H groups in total. The van der Waals surface area contributed by atoms with Crippen molar-refractivity contribution in [1.82, 2.24) is 10.2 Å². The van der Waals surface area contributed by atoms with Crippen molar-refractivity contribution in [2.24, 2.45) is 5.92 Å². The largest absolute Gasteiger partial charge is 0.497 e. The zero-order chi connectivity index (χ0) is 18.9. The lowest BCUT2D eigenvalue weighted by Gasteiger charge is -2.46. The quantitative estimate of drug-likeness (QED) is 0.741. The minimum atomic E-state index is -0.415. The first-order valence-electron chi connectivity index (χ1n) is 9.80. The van der Waals surface area contributed by atoms with Crippen LogP contribution in [0, 0.1) is 5.92 Å². The number of methoxy groups -OCH3 is 2. The zero-order valence-corrected chi connectivity index (χ0v) is 16.4. The normalized spacial score (nSPS) is 27.9. The topological polar surface area (TPSA) is 47.1 Å². The van der Waals surface area contributed by atoms with Gasteiger partial charge in [-0.2, -0.15) is 5.10 Å². The fourth-order valence-electron chi connectivity index (χ4n) is 4.52. The van der Waals surface area contributed by atoms with Gasteiger partial charge in [0.2, 0.25) is 0 Å². The van der Waals surface area contributed by atoms with Gasteiger partial charge in [0.1, 0.15) is 11.4 Å². The zero-order valence-electron chi connectivity index (χ0n) is 16.4. The molecule has 1 aromatic heterocycles. The molecule has 4 rings (SSSR count). The van der Waals surface area contributed by atoms with Crippen molar-refractivity contribution in [3.8, 4) is 5.75 Å². The summed E-state index contributed by atoms with van der Waals surface area (Å²) in [5.41, 5.74) is 2.99. The summed E-state index contributed by atoms with van der Waals surface area (Å²) in [6, 6.07) is 10.4. The Hall–Kier alpha value is -2.33. The van der Waals surface area contributed by atoms with E-state index < -0.39 is 5.60 Å². The predicted molar refractivity (Wildman–Crippen MR) is 108 cm³/mol. The number of hydrogen-bond acceptors (Lipinski definition) is 3. The van der Waals surface area contributed by atoms with E-state index in [2.05, 4.69) is 53.5 Å². The first-order valence-corrected chi connectivity index (χ1v) is 9.80. The van der Waals surface area contributed by atoms with Crippen LogP contribution in [-0.2, 0) is 10.2 Å². The number of rotatable bonds is 6. The van der Waals surface area contributed by atoms with Crippen LogP contribution in [0.15, 0.2) is 54.8 Å². The Morgan fingerprint density at radius 2 is 1.89 bits per heavy atom. The molecule has 0 amide bonds. The highest BCUT2D eigenvalue weighted by molar-refractivity contribution is 5.78.